The van der Waals surface area contributed by atoms with Crippen molar-refractivity contribution in [2.24, 2.45) is 5.92 Å². The summed E-state index contributed by atoms with van der Waals surface area (Å²) in [5.41, 5.74) is 0. The van der Waals surface area contributed by atoms with E-state index in [1.165, 1.54) is 0 Å². The van der Waals surface area contributed by atoms with E-state index in [9.17, 15) is 9.59 Å². The van der Waals surface area contributed by atoms with Crippen LogP contribution < -0.4 is 5.32 Å². The first-order valence-corrected chi connectivity index (χ1v) is 4.90. The molecule has 0 heterocycles. The summed E-state index contributed by atoms with van der Waals surface area (Å²) < 4.78 is 0. The van der Waals surface area contributed by atoms with E-state index in [-0.39, 0.29) is 5.92 Å². The van der Waals surface area contributed by atoms with Gasteiger partial charge in [0, 0.05) is 0 Å². The Bertz CT molecular complexity index is 226. The Kier molecular flexibility index (Phi) is 3.98. The third-order valence-corrected chi connectivity index (χ3v) is 2.69. The first-order valence-electron chi connectivity index (χ1n) is 4.90. The fourth-order valence-electron chi connectivity index (χ4n) is 2.00. The molecule has 1 aliphatic carbocycles. The van der Waals surface area contributed by atoms with Gasteiger partial charge in [0.25, 0.3) is 0 Å². The fraction of sp³-hybridized carbons (Fsp3) is 0.778. The summed E-state index contributed by atoms with van der Waals surface area (Å²) in [7, 11) is 4.92. The molecule has 4 nitrogen and oxygen atoms in total. The van der Waals surface area contributed by atoms with Crippen LogP contribution in [0.1, 0.15) is 32.1 Å². The van der Waals surface area contributed by atoms with E-state index in [2.05, 4.69) is 5.32 Å². The van der Waals surface area contributed by atoms with Gasteiger partial charge in [0.1, 0.15) is 6.04 Å². The number of nitrogens with one attached hydrogen (secondary N) is 1. The van der Waals surface area contributed by atoms with Gasteiger partial charge < -0.3 is 10.4 Å². The third kappa shape index (κ3) is 3.05. The molecule has 14 heavy (non-hydrogen) atoms. The largest absolute Gasteiger partial charge is 0.480 e. The highest BCUT2D eigenvalue weighted by Gasteiger charge is 2.29. The van der Waals surface area contributed by atoms with Crippen LogP contribution in [0.5, 0.6) is 0 Å². The minimum absolute atomic E-state index is 0.0359. The number of carbonyl (C=O) groups is 2. The molecule has 0 aromatic carbocycles. The SMILES string of the molecule is [B]C(=O)N[C@H](C(=O)O)C1CCCCC1. The van der Waals surface area contributed by atoms with Gasteiger partial charge in [-0.05, 0) is 18.8 Å². The maximum Gasteiger partial charge on any atom is 0.326 e. The molecule has 1 aliphatic rings. The van der Waals surface area contributed by atoms with Crippen LogP contribution in [0.25, 0.3) is 0 Å². The van der Waals surface area contributed by atoms with E-state index < -0.39 is 17.8 Å². The number of hydrogen-bond acceptors (Lipinski definition) is 2. The van der Waals surface area contributed by atoms with Crippen molar-refractivity contribution >= 4 is 19.6 Å². The van der Waals surface area contributed by atoms with Crippen molar-refractivity contribution in [1.29, 1.82) is 0 Å². The first kappa shape index (κ1) is 11.1. The van der Waals surface area contributed by atoms with Gasteiger partial charge in [-0.2, -0.15) is 0 Å². The summed E-state index contributed by atoms with van der Waals surface area (Å²) in [6.07, 6.45) is 4.94. The van der Waals surface area contributed by atoms with Gasteiger partial charge in [-0.15, -0.1) is 0 Å². The molecular weight excluding hydrogens is 181 g/mol. The summed E-state index contributed by atoms with van der Waals surface area (Å²) in [6, 6.07) is -0.812. The van der Waals surface area contributed by atoms with E-state index >= 15 is 0 Å². The Balaban J connectivity index is 2.56. The monoisotopic (exact) mass is 195 g/mol. The van der Waals surface area contributed by atoms with Crippen LogP contribution >= 0.6 is 0 Å². The van der Waals surface area contributed by atoms with Crippen molar-refractivity contribution in [1.82, 2.24) is 5.32 Å². The Morgan fingerprint density at radius 2 is 1.86 bits per heavy atom. The van der Waals surface area contributed by atoms with Gasteiger partial charge in [0.2, 0.25) is 7.85 Å². The topological polar surface area (TPSA) is 66.4 Å². The summed E-state index contributed by atoms with van der Waals surface area (Å²) in [5.74, 6) is -1.72. The number of carbonyl (C=O) groups excluding carboxylic acids is 1. The van der Waals surface area contributed by atoms with Crippen LogP contribution in [0.3, 0.4) is 0 Å². The Hall–Kier alpha value is -0.995. The standard InChI is InChI=1S/C9H14BNO3/c10-9(14)11-7(8(12)13)6-4-2-1-3-5-6/h6-7H,1-5H2,(H,11,14)(H,12,13)/t7-/m0/s1. The lowest BCUT2D eigenvalue weighted by molar-refractivity contribution is -0.140. The molecule has 1 atom stereocenters. The Morgan fingerprint density at radius 1 is 1.29 bits per heavy atom. The molecule has 0 saturated heterocycles. The zero-order valence-electron chi connectivity index (χ0n) is 8.03. The van der Waals surface area contributed by atoms with E-state index in [4.69, 9.17) is 13.0 Å². The van der Waals surface area contributed by atoms with Crippen molar-refractivity contribution in [2.45, 2.75) is 38.1 Å². The molecule has 0 aromatic heterocycles. The van der Waals surface area contributed by atoms with Crippen LogP contribution in [-0.4, -0.2) is 30.8 Å². The van der Waals surface area contributed by atoms with Gasteiger partial charge in [0.05, 0.1) is 0 Å². The van der Waals surface area contributed by atoms with Crippen molar-refractivity contribution in [3.63, 3.8) is 0 Å². The number of carboxylic acids is 1. The minimum Gasteiger partial charge on any atom is -0.480 e. The average molecular weight is 195 g/mol. The van der Waals surface area contributed by atoms with Crippen molar-refractivity contribution in [3.05, 3.63) is 0 Å². The molecule has 0 spiro atoms. The van der Waals surface area contributed by atoms with Gasteiger partial charge in [-0.25, -0.2) is 4.79 Å². The Labute approximate surface area is 84.5 Å². The van der Waals surface area contributed by atoms with Gasteiger partial charge in [-0.1, -0.05) is 19.3 Å². The molecule has 0 aromatic rings. The molecule has 2 radical (unpaired) electrons. The van der Waals surface area contributed by atoms with Crippen molar-refractivity contribution < 1.29 is 14.7 Å². The molecule has 0 bridgehead atoms. The molecule has 0 unspecified atom stereocenters. The highest BCUT2D eigenvalue weighted by atomic mass is 16.4. The van der Waals surface area contributed by atoms with Crippen LogP contribution in [0.15, 0.2) is 0 Å². The predicted molar refractivity (Wildman–Crippen MR) is 52.3 cm³/mol. The predicted octanol–water partition coefficient (Wildman–Crippen LogP) is 0.898. The zero-order valence-corrected chi connectivity index (χ0v) is 8.03. The molecular formula is C9H14BNO3. The molecule has 1 fully saturated rings. The normalized spacial score (nSPS) is 20.0. The molecule has 1 rings (SSSR count). The van der Waals surface area contributed by atoms with Crippen molar-refractivity contribution in [3.8, 4) is 0 Å². The zero-order chi connectivity index (χ0) is 10.6. The minimum atomic E-state index is -0.990. The number of aliphatic carboxylic acids is 1. The molecule has 1 amide bonds. The number of amides is 1. The van der Waals surface area contributed by atoms with Gasteiger partial charge >= 0.3 is 5.97 Å². The highest BCUT2D eigenvalue weighted by molar-refractivity contribution is 6.57. The third-order valence-electron chi connectivity index (χ3n) is 2.69. The van der Waals surface area contributed by atoms with E-state index in [1.54, 1.807) is 0 Å². The second kappa shape index (κ2) is 5.03. The van der Waals surface area contributed by atoms with Crippen LogP contribution in [-0.2, 0) is 4.79 Å². The summed E-state index contributed by atoms with van der Waals surface area (Å²) >= 11 is 0. The second-order valence-corrected chi connectivity index (χ2v) is 3.72. The molecule has 1 saturated carbocycles. The number of rotatable bonds is 3. The molecule has 5 heteroatoms. The Morgan fingerprint density at radius 3 is 2.29 bits per heavy atom. The molecule has 76 valence electrons. The summed E-state index contributed by atoms with van der Waals surface area (Å²) in [4.78, 5) is 21.5. The lowest BCUT2D eigenvalue weighted by Crippen LogP contribution is -2.46. The smallest absolute Gasteiger partial charge is 0.326 e. The van der Waals surface area contributed by atoms with E-state index in [0.717, 1.165) is 32.1 Å². The maximum absolute atomic E-state index is 10.9. The average Bonchev–Trinajstić information content (AvgIpc) is 2.15. The van der Waals surface area contributed by atoms with Crippen LogP contribution in [0.2, 0.25) is 0 Å². The quantitative estimate of drug-likeness (QED) is 0.657. The highest BCUT2D eigenvalue weighted by Crippen LogP contribution is 2.26. The van der Waals surface area contributed by atoms with Crippen molar-refractivity contribution in [2.75, 3.05) is 0 Å². The second-order valence-electron chi connectivity index (χ2n) is 3.72. The number of carboxylic acid groups (broad SMARTS) is 1. The lowest BCUT2D eigenvalue weighted by Gasteiger charge is -2.27. The van der Waals surface area contributed by atoms with Crippen LogP contribution in [0.4, 0.5) is 4.79 Å². The van der Waals surface area contributed by atoms with Crippen LogP contribution in [0, 0.1) is 5.92 Å². The number of hydrogen-bond donors (Lipinski definition) is 2. The molecule has 2 N–H and O–H groups in total. The first-order chi connectivity index (χ1) is 6.61. The van der Waals surface area contributed by atoms with Gasteiger partial charge in [0.15, 0.2) is 5.81 Å². The van der Waals surface area contributed by atoms with E-state index in [0.29, 0.717) is 0 Å². The summed E-state index contributed by atoms with van der Waals surface area (Å²) in [5, 5.41) is 11.2. The molecule has 0 aliphatic heterocycles. The fourth-order valence-corrected chi connectivity index (χ4v) is 2.00. The van der Waals surface area contributed by atoms with E-state index in [1.807, 2.05) is 0 Å². The maximum atomic E-state index is 10.9. The summed E-state index contributed by atoms with van der Waals surface area (Å²) in [6.45, 7) is 0. The van der Waals surface area contributed by atoms with Gasteiger partial charge in [-0.3, -0.25) is 4.79 Å². The lowest BCUT2D eigenvalue weighted by atomic mass is 9.83.